The molecule has 0 fully saturated rings. The molecule has 2 aromatic carbocycles. The highest BCUT2D eigenvalue weighted by atomic mass is 16.5. The van der Waals surface area contributed by atoms with Crippen LogP contribution < -0.4 is 4.74 Å². The van der Waals surface area contributed by atoms with E-state index in [-0.39, 0.29) is 6.42 Å². The van der Waals surface area contributed by atoms with Crippen LogP contribution >= 0.6 is 0 Å². The molecule has 0 radical (unpaired) electrons. The van der Waals surface area contributed by atoms with E-state index in [9.17, 15) is 4.79 Å². The van der Waals surface area contributed by atoms with Gasteiger partial charge in [-0.3, -0.25) is 4.79 Å². The molecule has 1 N–H and O–H groups in total. The standard InChI is InChI=1S/C18H18N2O3/c1-3-20-16-8-7-12(10-17(21)22)9-15(16)19-18(20)13-5-4-6-14(11-13)23-2/h4-9,11H,3,10H2,1-2H3,(H,21,22). The molecular formula is C18H18N2O3. The molecule has 118 valence electrons. The fourth-order valence-electron chi connectivity index (χ4n) is 2.76. The lowest BCUT2D eigenvalue weighted by Gasteiger charge is -2.07. The molecular weight excluding hydrogens is 292 g/mol. The average molecular weight is 310 g/mol. The summed E-state index contributed by atoms with van der Waals surface area (Å²) in [4.78, 5) is 15.6. The third-order valence-electron chi connectivity index (χ3n) is 3.81. The van der Waals surface area contributed by atoms with Gasteiger partial charge in [-0.1, -0.05) is 18.2 Å². The number of rotatable bonds is 5. The van der Waals surface area contributed by atoms with Gasteiger partial charge in [-0.15, -0.1) is 0 Å². The predicted octanol–water partition coefficient (Wildman–Crippen LogP) is 3.36. The minimum absolute atomic E-state index is 0.00339. The monoisotopic (exact) mass is 310 g/mol. The minimum atomic E-state index is -0.840. The lowest BCUT2D eigenvalue weighted by atomic mass is 10.1. The second-order valence-corrected chi connectivity index (χ2v) is 5.31. The van der Waals surface area contributed by atoms with Gasteiger partial charge in [0.2, 0.25) is 0 Å². The summed E-state index contributed by atoms with van der Waals surface area (Å²) in [5.74, 6) is 0.796. The van der Waals surface area contributed by atoms with Crippen molar-refractivity contribution in [3.05, 3.63) is 48.0 Å². The molecule has 0 atom stereocenters. The number of aromatic nitrogens is 2. The normalized spacial score (nSPS) is 10.9. The second kappa shape index (κ2) is 6.12. The maximum atomic E-state index is 10.9. The fourth-order valence-corrected chi connectivity index (χ4v) is 2.76. The van der Waals surface area contributed by atoms with Gasteiger partial charge >= 0.3 is 5.97 Å². The Bertz CT molecular complexity index is 868. The first kappa shape index (κ1) is 15.1. The zero-order chi connectivity index (χ0) is 16.4. The molecule has 0 unspecified atom stereocenters. The van der Waals surface area contributed by atoms with Gasteiger partial charge in [-0.2, -0.15) is 0 Å². The van der Waals surface area contributed by atoms with Crippen LogP contribution in [0.1, 0.15) is 12.5 Å². The van der Waals surface area contributed by atoms with Crippen molar-refractivity contribution in [3.8, 4) is 17.1 Å². The number of carboxylic acid groups (broad SMARTS) is 1. The Morgan fingerprint density at radius 1 is 1.26 bits per heavy atom. The summed E-state index contributed by atoms with van der Waals surface area (Å²) in [6.07, 6.45) is 0.00339. The van der Waals surface area contributed by atoms with Crippen LogP contribution in [0.3, 0.4) is 0 Å². The van der Waals surface area contributed by atoms with E-state index in [4.69, 9.17) is 14.8 Å². The third-order valence-corrected chi connectivity index (χ3v) is 3.81. The molecule has 0 saturated carbocycles. The highest BCUT2D eigenvalue weighted by Gasteiger charge is 2.13. The van der Waals surface area contributed by atoms with Crippen LogP contribution in [0.15, 0.2) is 42.5 Å². The van der Waals surface area contributed by atoms with Crippen LogP contribution in [0.4, 0.5) is 0 Å². The Balaban J connectivity index is 2.14. The molecule has 0 saturated heterocycles. The SMILES string of the molecule is CCn1c(-c2cccc(OC)c2)nc2cc(CC(=O)O)ccc21. The van der Waals surface area contributed by atoms with Crippen LogP contribution in [0.25, 0.3) is 22.4 Å². The maximum absolute atomic E-state index is 10.9. The molecule has 3 rings (SSSR count). The molecule has 0 aliphatic heterocycles. The number of carboxylic acids is 1. The predicted molar refractivity (Wildman–Crippen MR) is 88.7 cm³/mol. The van der Waals surface area contributed by atoms with E-state index in [1.807, 2.05) is 42.5 Å². The van der Waals surface area contributed by atoms with Gasteiger partial charge in [0.1, 0.15) is 11.6 Å². The lowest BCUT2D eigenvalue weighted by molar-refractivity contribution is -0.136. The van der Waals surface area contributed by atoms with Crippen LogP contribution in [-0.4, -0.2) is 27.7 Å². The van der Waals surface area contributed by atoms with Crippen molar-refractivity contribution in [2.75, 3.05) is 7.11 Å². The third kappa shape index (κ3) is 2.90. The summed E-state index contributed by atoms with van der Waals surface area (Å²) in [6.45, 7) is 2.84. The molecule has 0 aliphatic rings. The Kier molecular flexibility index (Phi) is 4.02. The van der Waals surface area contributed by atoms with Gasteiger partial charge in [-0.25, -0.2) is 4.98 Å². The van der Waals surface area contributed by atoms with Crippen molar-refractivity contribution in [1.82, 2.24) is 9.55 Å². The number of nitrogens with zero attached hydrogens (tertiary/aromatic N) is 2. The quantitative estimate of drug-likeness (QED) is 0.785. The zero-order valence-corrected chi connectivity index (χ0v) is 13.1. The summed E-state index contributed by atoms with van der Waals surface area (Å²) in [7, 11) is 1.64. The first-order valence-corrected chi connectivity index (χ1v) is 7.47. The summed E-state index contributed by atoms with van der Waals surface area (Å²) in [5, 5.41) is 8.94. The number of hydrogen-bond acceptors (Lipinski definition) is 3. The summed E-state index contributed by atoms with van der Waals surface area (Å²) in [6, 6.07) is 13.4. The second-order valence-electron chi connectivity index (χ2n) is 5.31. The van der Waals surface area contributed by atoms with Gasteiger partial charge in [-0.05, 0) is 36.8 Å². The van der Waals surface area contributed by atoms with Gasteiger partial charge in [0, 0.05) is 12.1 Å². The number of benzene rings is 2. The molecule has 0 spiro atoms. The Labute approximate surface area is 134 Å². The lowest BCUT2D eigenvalue weighted by Crippen LogP contribution is -2.00. The summed E-state index contributed by atoms with van der Waals surface area (Å²) in [5.41, 5.74) is 3.54. The van der Waals surface area contributed by atoms with Crippen molar-refractivity contribution < 1.29 is 14.6 Å². The van der Waals surface area contributed by atoms with Crippen LogP contribution in [0, 0.1) is 0 Å². The topological polar surface area (TPSA) is 64.4 Å². The molecule has 3 aromatic rings. The molecule has 0 amide bonds. The number of hydrogen-bond donors (Lipinski definition) is 1. The van der Waals surface area contributed by atoms with Gasteiger partial charge in [0.15, 0.2) is 0 Å². The Morgan fingerprint density at radius 3 is 2.78 bits per heavy atom. The van der Waals surface area contributed by atoms with E-state index in [0.29, 0.717) is 0 Å². The number of aryl methyl sites for hydroxylation is 1. The van der Waals surface area contributed by atoms with Crippen molar-refractivity contribution in [2.24, 2.45) is 0 Å². The van der Waals surface area contributed by atoms with E-state index < -0.39 is 5.97 Å². The molecule has 5 nitrogen and oxygen atoms in total. The molecule has 0 bridgehead atoms. The van der Waals surface area contributed by atoms with Gasteiger partial charge in [0.05, 0.1) is 24.6 Å². The van der Waals surface area contributed by atoms with E-state index in [0.717, 1.165) is 40.3 Å². The van der Waals surface area contributed by atoms with Crippen LogP contribution in [0.5, 0.6) is 5.75 Å². The Morgan fingerprint density at radius 2 is 2.09 bits per heavy atom. The first-order chi connectivity index (χ1) is 11.1. The van der Waals surface area contributed by atoms with Crippen molar-refractivity contribution in [2.45, 2.75) is 19.9 Å². The minimum Gasteiger partial charge on any atom is -0.497 e. The molecule has 1 aromatic heterocycles. The van der Waals surface area contributed by atoms with Gasteiger partial charge < -0.3 is 14.4 Å². The number of fused-ring (bicyclic) bond motifs is 1. The summed E-state index contributed by atoms with van der Waals surface area (Å²) >= 11 is 0. The van der Waals surface area contributed by atoms with Crippen LogP contribution in [0.2, 0.25) is 0 Å². The molecule has 23 heavy (non-hydrogen) atoms. The number of aliphatic carboxylic acids is 1. The highest BCUT2D eigenvalue weighted by molar-refractivity contribution is 5.82. The van der Waals surface area contributed by atoms with E-state index in [1.54, 1.807) is 7.11 Å². The Hall–Kier alpha value is -2.82. The largest absolute Gasteiger partial charge is 0.497 e. The number of imidazole rings is 1. The molecule has 1 heterocycles. The molecule has 0 aliphatic carbocycles. The van der Waals surface area contributed by atoms with Gasteiger partial charge in [0.25, 0.3) is 0 Å². The highest BCUT2D eigenvalue weighted by Crippen LogP contribution is 2.28. The van der Waals surface area contributed by atoms with Crippen molar-refractivity contribution in [1.29, 1.82) is 0 Å². The first-order valence-electron chi connectivity index (χ1n) is 7.47. The number of carbonyl (C=O) groups is 1. The van der Waals surface area contributed by atoms with E-state index in [2.05, 4.69) is 11.5 Å². The van der Waals surface area contributed by atoms with E-state index in [1.165, 1.54) is 0 Å². The number of methoxy groups -OCH3 is 1. The number of ether oxygens (including phenoxy) is 1. The fraction of sp³-hybridized carbons (Fsp3) is 0.222. The maximum Gasteiger partial charge on any atom is 0.307 e. The van der Waals surface area contributed by atoms with Crippen molar-refractivity contribution in [3.63, 3.8) is 0 Å². The smallest absolute Gasteiger partial charge is 0.307 e. The zero-order valence-electron chi connectivity index (χ0n) is 13.1. The molecule has 5 heteroatoms. The summed E-state index contributed by atoms with van der Waals surface area (Å²) < 4.78 is 7.40. The van der Waals surface area contributed by atoms with E-state index >= 15 is 0 Å². The van der Waals surface area contributed by atoms with Crippen molar-refractivity contribution >= 4 is 17.0 Å². The average Bonchev–Trinajstić information content (AvgIpc) is 2.92. The van der Waals surface area contributed by atoms with Crippen LogP contribution in [-0.2, 0) is 17.8 Å².